The van der Waals surface area contributed by atoms with Crippen molar-refractivity contribution in [2.75, 3.05) is 5.75 Å². The highest BCUT2D eigenvalue weighted by molar-refractivity contribution is 7.99. The van der Waals surface area contributed by atoms with Crippen LogP contribution < -0.4 is 0 Å². The molecule has 2 aromatic heterocycles. The quantitative estimate of drug-likeness (QED) is 0.659. The van der Waals surface area contributed by atoms with Crippen molar-refractivity contribution in [3.05, 3.63) is 24.7 Å². The smallest absolute Gasteiger partial charge is 0.168 e. The highest BCUT2D eigenvalue weighted by Crippen LogP contribution is 2.20. The van der Waals surface area contributed by atoms with Crippen molar-refractivity contribution in [3.63, 3.8) is 0 Å². The minimum atomic E-state index is 0.948. The maximum Gasteiger partial charge on any atom is 0.168 e. The van der Waals surface area contributed by atoms with Crippen LogP contribution in [0.25, 0.3) is 5.65 Å². The second kappa shape index (κ2) is 3.15. The summed E-state index contributed by atoms with van der Waals surface area (Å²) in [6.45, 7) is 2.12. The SMILES string of the molecule is CCSc1cnn2cccnc12. The Morgan fingerprint density at radius 2 is 2.50 bits per heavy atom. The third-order valence-corrected chi connectivity index (χ3v) is 2.43. The van der Waals surface area contributed by atoms with E-state index in [0.29, 0.717) is 0 Å². The molecule has 0 saturated carbocycles. The predicted molar refractivity (Wildman–Crippen MR) is 49.4 cm³/mol. The summed E-state index contributed by atoms with van der Waals surface area (Å²) in [5.74, 6) is 1.05. The monoisotopic (exact) mass is 179 g/mol. The standard InChI is InChI=1S/C8H9N3S/c1-2-12-7-6-10-11-5-3-4-9-8(7)11/h3-6H,2H2,1H3. The summed E-state index contributed by atoms with van der Waals surface area (Å²) in [5, 5.41) is 4.17. The molecule has 0 fully saturated rings. The van der Waals surface area contributed by atoms with Crippen molar-refractivity contribution >= 4 is 17.4 Å². The summed E-state index contributed by atoms with van der Waals surface area (Å²) in [4.78, 5) is 5.39. The minimum Gasteiger partial charge on any atom is -0.236 e. The molecule has 0 aliphatic heterocycles. The van der Waals surface area contributed by atoms with Crippen LogP contribution in [0.5, 0.6) is 0 Å². The van der Waals surface area contributed by atoms with E-state index in [1.54, 1.807) is 22.5 Å². The van der Waals surface area contributed by atoms with Gasteiger partial charge in [-0.2, -0.15) is 5.10 Å². The lowest BCUT2D eigenvalue weighted by molar-refractivity contribution is 0.939. The van der Waals surface area contributed by atoms with Gasteiger partial charge >= 0.3 is 0 Å². The lowest BCUT2D eigenvalue weighted by atomic mass is 10.6. The summed E-state index contributed by atoms with van der Waals surface area (Å²) in [6, 6.07) is 1.88. The second-order valence-corrected chi connectivity index (χ2v) is 3.64. The molecule has 0 spiro atoms. The molecule has 12 heavy (non-hydrogen) atoms. The van der Waals surface area contributed by atoms with Crippen LogP contribution >= 0.6 is 11.8 Å². The van der Waals surface area contributed by atoms with Crippen molar-refractivity contribution in [2.45, 2.75) is 11.8 Å². The van der Waals surface area contributed by atoms with E-state index in [9.17, 15) is 0 Å². The molecule has 0 aliphatic rings. The third kappa shape index (κ3) is 1.18. The molecule has 2 aromatic rings. The van der Waals surface area contributed by atoms with Crippen LogP contribution in [-0.4, -0.2) is 20.4 Å². The minimum absolute atomic E-state index is 0.948. The summed E-state index contributed by atoms with van der Waals surface area (Å²) in [7, 11) is 0. The molecule has 0 atom stereocenters. The van der Waals surface area contributed by atoms with Gasteiger partial charge in [0.1, 0.15) is 0 Å². The lowest BCUT2D eigenvalue weighted by Gasteiger charge is -1.93. The maximum absolute atomic E-state index is 4.24. The van der Waals surface area contributed by atoms with Crippen LogP contribution in [0.2, 0.25) is 0 Å². The highest BCUT2D eigenvalue weighted by Gasteiger charge is 2.02. The average Bonchev–Trinajstić information content (AvgIpc) is 2.50. The summed E-state index contributed by atoms with van der Waals surface area (Å²) in [6.07, 6.45) is 5.55. The molecule has 0 N–H and O–H groups in total. The van der Waals surface area contributed by atoms with E-state index in [-0.39, 0.29) is 0 Å². The second-order valence-electron chi connectivity index (χ2n) is 2.33. The number of aromatic nitrogens is 3. The van der Waals surface area contributed by atoms with Gasteiger partial charge in [-0.3, -0.25) is 0 Å². The maximum atomic E-state index is 4.24. The third-order valence-electron chi connectivity index (χ3n) is 1.55. The first-order chi connectivity index (χ1) is 5.92. The first kappa shape index (κ1) is 7.61. The Kier molecular flexibility index (Phi) is 1.99. The number of thioether (sulfide) groups is 1. The largest absolute Gasteiger partial charge is 0.236 e. The Morgan fingerprint density at radius 1 is 1.58 bits per heavy atom. The van der Waals surface area contributed by atoms with E-state index in [2.05, 4.69) is 17.0 Å². The average molecular weight is 179 g/mol. The van der Waals surface area contributed by atoms with Crippen molar-refractivity contribution in [1.82, 2.24) is 14.6 Å². The first-order valence-corrected chi connectivity index (χ1v) is 4.81. The Labute approximate surface area is 74.8 Å². The number of hydrogen-bond acceptors (Lipinski definition) is 3. The fraction of sp³-hybridized carbons (Fsp3) is 0.250. The molecule has 2 rings (SSSR count). The molecule has 0 saturated heterocycles. The van der Waals surface area contributed by atoms with Gasteiger partial charge in [-0.05, 0) is 11.8 Å². The number of nitrogens with zero attached hydrogens (tertiary/aromatic N) is 3. The molecule has 62 valence electrons. The van der Waals surface area contributed by atoms with Gasteiger partial charge in [0.25, 0.3) is 0 Å². The zero-order chi connectivity index (χ0) is 8.39. The van der Waals surface area contributed by atoms with Gasteiger partial charge in [0.2, 0.25) is 0 Å². The molecule has 0 aliphatic carbocycles. The topological polar surface area (TPSA) is 30.2 Å². The van der Waals surface area contributed by atoms with E-state index in [1.807, 2.05) is 18.5 Å². The normalized spacial score (nSPS) is 10.8. The van der Waals surface area contributed by atoms with Crippen LogP contribution in [0.15, 0.2) is 29.6 Å². The first-order valence-electron chi connectivity index (χ1n) is 3.83. The number of hydrogen-bond donors (Lipinski definition) is 0. The number of fused-ring (bicyclic) bond motifs is 1. The summed E-state index contributed by atoms with van der Waals surface area (Å²) < 4.78 is 1.79. The van der Waals surface area contributed by atoms with Crippen LogP contribution in [0, 0.1) is 0 Å². The lowest BCUT2D eigenvalue weighted by Crippen LogP contribution is -1.86. The van der Waals surface area contributed by atoms with E-state index >= 15 is 0 Å². The molecular formula is C8H9N3S. The van der Waals surface area contributed by atoms with Crippen molar-refractivity contribution in [3.8, 4) is 0 Å². The molecule has 4 heteroatoms. The van der Waals surface area contributed by atoms with Crippen LogP contribution in [-0.2, 0) is 0 Å². The van der Waals surface area contributed by atoms with Crippen molar-refractivity contribution in [1.29, 1.82) is 0 Å². The predicted octanol–water partition coefficient (Wildman–Crippen LogP) is 1.84. The fourth-order valence-corrected chi connectivity index (χ4v) is 1.77. The van der Waals surface area contributed by atoms with Gasteiger partial charge in [0, 0.05) is 12.4 Å². The zero-order valence-electron chi connectivity index (χ0n) is 6.77. The Bertz CT molecular complexity index is 382. The van der Waals surface area contributed by atoms with E-state index in [1.165, 1.54) is 0 Å². The molecule has 0 aromatic carbocycles. The van der Waals surface area contributed by atoms with Gasteiger partial charge in [-0.1, -0.05) is 6.92 Å². The molecule has 0 radical (unpaired) electrons. The Hall–Kier alpha value is -1.03. The van der Waals surface area contributed by atoms with Crippen molar-refractivity contribution in [2.24, 2.45) is 0 Å². The van der Waals surface area contributed by atoms with Gasteiger partial charge in [-0.25, -0.2) is 9.50 Å². The molecule has 0 unspecified atom stereocenters. The van der Waals surface area contributed by atoms with Crippen LogP contribution in [0.1, 0.15) is 6.92 Å². The molecular weight excluding hydrogens is 170 g/mol. The van der Waals surface area contributed by atoms with E-state index in [0.717, 1.165) is 16.3 Å². The van der Waals surface area contributed by atoms with E-state index < -0.39 is 0 Å². The molecule has 0 bridgehead atoms. The Balaban J connectivity index is 2.55. The van der Waals surface area contributed by atoms with Crippen molar-refractivity contribution < 1.29 is 0 Å². The van der Waals surface area contributed by atoms with Gasteiger partial charge in [0.15, 0.2) is 5.65 Å². The summed E-state index contributed by atoms with van der Waals surface area (Å²) in [5.41, 5.74) is 0.948. The highest BCUT2D eigenvalue weighted by atomic mass is 32.2. The molecule has 3 nitrogen and oxygen atoms in total. The zero-order valence-corrected chi connectivity index (χ0v) is 7.58. The van der Waals surface area contributed by atoms with Crippen LogP contribution in [0.3, 0.4) is 0 Å². The molecule has 0 amide bonds. The van der Waals surface area contributed by atoms with E-state index in [4.69, 9.17) is 0 Å². The Morgan fingerprint density at radius 3 is 3.33 bits per heavy atom. The van der Waals surface area contributed by atoms with Crippen LogP contribution in [0.4, 0.5) is 0 Å². The van der Waals surface area contributed by atoms with Gasteiger partial charge in [0.05, 0.1) is 11.1 Å². The van der Waals surface area contributed by atoms with Gasteiger partial charge in [-0.15, -0.1) is 11.8 Å². The summed E-state index contributed by atoms with van der Waals surface area (Å²) >= 11 is 1.77. The molecule has 2 heterocycles. The van der Waals surface area contributed by atoms with Gasteiger partial charge < -0.3 is 0 Å². The fourth-order valence-electron chi connectivity index (χ4n) is 1.06. The number of rotatable bonds is 2.